The normalized spacial score (nSPS) is 9.86. The Bertz CT molecular complexity index is 333. The monoisotopic (exact) mass is 377 g/mol. The Hall–Kier alpha value is -1.23. The molecule has 0 bridgehead atoms. The summed E-state index contributed by atoms with van der Waals surface area (Å²) < 4.78 is 0. The Morgan fingerprint density at radius 1 is 1.64 bits per heavy atom. The van der Waals surface area contributed by atoms with Crippen molar-refractivity contribution >= 4 is 11.7 Å². The molecule has 1 aromatic heterocycles. The van der Waals surface area contributed by atoms with Crippen LogP contribution in [0.1, 0.15) is 10.5 Å². The smallest absolute Gasteiger partial charge is 0.364 e. The van der Waals surface area contributed by atoms with Crippen LogP contribution < -0.4 is 5.73 Å². The zero-order chi connectivity index (χ0) is 9.84. The molecule has 0 aromatic carbocycles. The van der Waals surface area contributed by atoms with Gasteiger partial charge < -0.3 is 10.7 Å². The van der Waals surface area contributed by atoms with Crippen molar-refractivity contribution in [3.8, 4) is 0 Å². The summed E-state index contributed by atoms with van der Waals surface area (Å²) in [6.07, 6.45) is 1.34. The Morgan fingerprint density at radius 3 is 2.79 bits per heavy atom. The van der Waals surface area contributed by atoms with Gasteiger partial charge in [0, 0.05) is 14.1 Å². The van der Waals surface area contributed by atoms with E-state index >= 15 is 0 Å². The number of hydrogen-bond donors (Lipinski definition) is 2. The van der Waals surface area contributed by atoms with E-state index in [1.807, 2.05) is 0 Å². The standard InChI is InChI=1S/C6H10N6O.Pt/c1-12(2)11-10-6-4(5(7)13)8-3-9-6;/h3H,1-2H3,(H2,7,13)(H,8,9);/q;+4/b11-10+;. The minimum absolute atomic E-state index is 0. The molecule has 0 fully saturated rings. The Balaban J connectivity index is 0.00000169. The molecule has 0 radical (unpaired) electrons. The average Bonchev–Trinajstić information content (AvgIpc) is 2.47. The summed E-state index contributed by atoms with van der Waals surface area (Å²) in [6.45, 7) is 0. The molecule has 0 spiro atoms. The van der Waals surface area contributed by atoms with E-state index in [-0.39, 0.29) is 32.6 Å². The van der Waals surface area contributed by atoms with Crippen molar-refractivity contribution in [1.82, 2.24) is 15.0 Å². The number of H-pyrrole nitrogens is 1. The van der Waals surface area contributed by atoms with Crippen LogP contribution in [0, 0.1) is 0 Å². The van der Waals surface area contributed by atoms with Gasteiger partial charge in [0.25, 0.3) is 5.91 Å². The fourth-order valence-electron chi connectivity index (χ4n) is 0.676. The summed E-state index contributed by atoms with van der Waals surface area (Å²) in [4.78, 5) is 17.1. The number of nitrogens with zero attached hydrogens (tertiary/aromatic N) is 4. The molecule has 1 rings (SSSR count). The summed E-state index contributed by atoms with van der Waals surface area (Å²) >= 11 is 0. The van der Waals surface area contributed by atoms with E-state index in [4.69, 9.17) is 5.73 Å². The van der Waals surface area contributed by atoms with Crippen molar-refractivity contribution in [1.29, 1.82) is 0 Å². The molecule has 0 saturated carbocycles. The number of hydrogen-bond acceptors (Lipinski definition) is 4. The first-order chi connectivity index (χ1) is 6.11. The molecule has 8 heteroatoms. The van der Waals surface area contributed by atoms with E-state index in [2.05, 4.69) is 20.3 Å². The van der Waals surface area contributed by atoms with Gasteiger partial charge in [0.15, 0.2) is 5.69 Å². The van der Waals surface area contributed by atoms with E-state index in [1.165, 1.54) is 11.3 Å². The van der Waals surface area contributed by atoms with Crippen molar-refractivity contribution in [3.05, 3.63) is 12.0 Å². The summed E-state index contributed by atoms with van der Waals surface area (Å²) in [5.41, 5.74) is 5.20. The Morgan fingerprint density at radius 2 is 2.29 bits per heavy atom. The third kappa shape index (κ3) is 3.25. The van der Waals surface area contributed by atoms with Crippen LogP contribution in [0.2, 0.25) is 0 Å². The van der Waals surface area contributed by atoms with Gasteiger partial charge in [-0.25, -0.2) is 4.98 Å². The summed E-state index contributed by atoms with van der Waals surface area (Å²) in [6, 6.07) is 0. The van der Waals surface area contributed by atoms with Crippen LogP contribution in [0.25, 0.3) is 0 Å². The quantitative estimate of drug-likeness (QED) is 0.576. The van der Waals surface area contributed by atoms with Crippen LogP contribution in [-0.2, 0) is 21.1 Å². The summed E-state index contributed by atoms with van der Waals surface area (Å²) in [7, 11) is 3.42. The number of carbonyl (C=O) groups excluding carboxylic acids is 1. The van der Waals surface area contributed by atoms with Crippen LogP contribution in [0.4, 0.5) is 5.82 Å². The number of amides is 1. The third-order valence-corrected chi connectivity index (χ3v) is 1.18. The second-order valence-electron chi connectivity index (χ2n) is 2.50. The molecular weight excluding hydrogens is 367 g/mol. The van der Waals surface area contributed by atoms with Gasteiger partial charge in [0.2, 0.25) is 5.82 Å². The molecule has 0 aliphatic heterocycles. The summed E-state index contributed by atoms with van der Waals surface area (Å²) in [5.74, 6) is -0.411. The van der Waals surface area contributed by atoms with Gasteiger partial charge in [-0.15, -0.1) is 5.11 Å². The number of rotatable bonds is 3. The molecule has 1 amide bonds. The molecule has 0 aliphatic carbocycles. The average molecular weight is 377 g/mol. The second kappa shape index (κ2) is 5.49. The first-order valence-corrected chi connectivity index (χ1v) is 3.53. The van der Waals surface area contributed by atoms with Crippen molar-refractivity contribution in [2.45, 2.75) is 0 Å². The fourth-order valence-corrected chi connectivity index (χ4v) is 0.676. The zero-order valence-corrected chi connectivity index (χ0v) is 9.94. The first-order valence-electron chi connectivity index (χ1n) is 3.53. The molecule has 0 saturated heterocycles. The van der Waals surface area contributed by atoms with E-state index in [0.29, 0.717) is 0 Å². The molecule has 3 N–H and O–H groups in total. The van der Waals surface area contributed by atoms with E-state index in [1.54, 1.807) is 14.1 Å². The Kier molecular flexibility index (Phi) is 5.01. The van der Waals surface area contributed by atoms with E-state index in [9.17, 15) is 4.79 Å². The molecule has 0 atom stereocenters. The van der Waals surface area contributed by atoms with Crippen LogP contribution in [0.15, 0.2) is 16.7 Å². The van der Waals surface area contributed by atoms with Gasteiger partial charge in [-0.2, -0.15) is 0 Å². The zero-order valence-electron chi connectivity index (χ0n) is 7.67. The number of aromatic nitrogens is 2. The van der Waals surface area contributed by atoms with E-state index < -0.39 is 5.91 Å². The number of nitrogens with one attached hydrogen (secondary N) is 1. The molecule has 1 heterocycles. The predicted octanol–water partition coefficient (Wildman–Crippen LogP) is 0.0664. The van der Waals surface area contributed by atoms with Gasteiger partial charge in [-0.05, 0) is 0 Å². The summed E-state index contributed by atoms with van der Waals surface area (Å²) in [5, 5.41) is 8.86. The molecule has 14 heavy (non-hydrogen) atoms. The van der Waals surface area contributed by atoms with Crippen molar-refractivity contribution < 1.29 is 25.9 Å². The van der Waals surface area contributed by atoms with Crippen LogP contribution in [0.3, 0.4) is 0 Å². The molecule has 76 valence electrons. The fraction of sp³-hybridized carbons (Fsp3) is 0.333. The first kappa shape index (κ1) is 12.8. The SMILES string of the molecule is CN(C)/N=N/c1nc[nH]c1C(N)=O.[Pt+4]. The van der Waals surface area contributed by atoms with Crippen LogP contribution in [-0.4, -0.2) is 35.0 Å². The van der Waals surface area contributed by atoms with Gasteiger partial charge in [0.1, 0.15) is 0 Å². The number of nitrogens with two attached hydrogens (primary N) is 1. The van der Waals surface area contributed by atoms with Gasteiger partial charge in [-0.1, -0.05) is 5.22 Å². The van der Waals surface area contributed by atoms with Gasteiger partial charge in [0.05, 0.1) is 6.33 Å². The van der Waals surface area contributed by atoms with E-state index in [0.717, 1.165) is 0 Å². The van der Waals surface area contributed by atoms with Gasteiger partial charge >= 0.3 is 21.1 Å². The van der Waals surface area contributed by atoms with Crippen molar-refractivity contribution in [2.24, 2.45) is 16.1 Å². The maximum Gasteiger partial charge on any atom is 4.00 e. The molecule has 1 aromatic rings. The number of carbonyl (C=O) groups is 1. The van der Waals surface area contributed by atoms with Crippen LogP contribution in [0.5, 0.6) is 0 Å². The minimum atomic E-state index is -0.606. The van der Waals surface area contributed by atoms with Crippen molar-refractivity contribution in [3.63, 3.8) is 0 Å². The molecule has 0 aliphatic rings. The van der Waals surface area contributed by atoms with Crippen molar-refractivity contribution in [2.75, 3.05) is 14.1 Å². The largest absolute Gasteiger partial charge is 4.00 e. The number of primary amides is 1. The predicted molar refractivity (Wildman–Crippen MR) is 45.3 cm³/mol. The maximum absolute atomic E-state index is 10.8. The minimum Gasteiger partial charge on any atom is -0.364 e. The number of aromatic amines is 1. The van der Waals surface area contributed by atoms with Crippen LogP contribution >= 0.6 is 0 Å². The Labute approximate surface area is 95.0 Å². The maximum atomic E-state index is 10.8. The van der Waals surface area contributed by atoms with Gasteiger partial charge in [-0.3, -0.25) is 9.80 Å². The molecular formula is C6H10N6OPt+4. The molecule has 7 nitrogen and oxygen atoms in total. The number of imidazole rings is 1. The second-order valence-corrected chi connectivity index (χ2v) is 2.50. The third-order valence-electron chi connectivity index (χ3n) is 1.18. The topological polar surface area (TPSA) is 99.7 Å². The molecule has 0 unspecified atom stereocenters.